The van der Waals surface area contributed by atoms with E-state index < -0.39 is 29.0 Å². The quantitative estimate of drug-likeness (QED) is 0.424. The molecule has 3 unspecified atom stereocenters. The van der Waals surface area contributed by atoms with Crippen LogP contribution in [0.1, 0.15) is 52.0 Å². The predicted molar refractivity (Wildman–Crippen MR) is 162 cm³/mol. The van der Waals surface area contributed by atoms with Crippen LogP contribution in [0.3, 0.4) is 0 Å². The third-order valence-electron chi connectivity index (χ3n) is 8.27. The Morgan fingerprint density at radius 1 is 1.16 bits per heavy atom. The summed E-state index contributed by atoms with van der Waals surface area (Å²) in [6.07, 6.45) is 2.77. The Morgan fingerprint density at radius 3 is 2.47 bits per heavy atom. The van der Waals surface area contributed by atoms with E-state index >= 15 is 8.78 Å². The summed E-state index contributed by atoms with van der Waals surface area (Å²) in [5.41, 5.74) is 7.25. The van der Waals surface area contributed by atoms with Crippen molar-refractivity contribution in [3.63, 3.8) is 0 Å². The van der Waals surface area contributed by atoms with Gasteiger partial charge in [0, 0.05) is 44.0 Å². The van der Waals surface area contributed by atoms with Crippen molar-refractivity contribution < 1.29 is 18.3 Å². The molecule has 228 valence electrons. The van der Waals surface area contributed by atoms with Crippen molar-refractivity contribution >= 4 is 34.2 Å². The molecule has 0 spiro atoms. The summed E-state index contributed by atoms with van der Waals surface area (Å²) in [6, 6.07) is 6.32. The maximum atomic E-state index is 16.0. The molecule has 3 aliphatic rings. The molecule has 3 N–H and O–H groups in total. The summed E-state index contributed by atoms with van der Waals surface area (Å²) in [5, 5.41) is 3.44. The number of fused-ring (bicyclic) bond motifs is 2. The van der Waals surface area contributed by atoms with Crippen LogP contribution in [0.15, 0.2) is 47.5 Å². The number of anilines is 2. The summed E-state index contributed by atoms with van der Waals surface area (Å²) in [4.78, 5) is 30.4. The number of hydrogen-bond acceptors (Lipinski definition) is 9. The Kier molecular flexibility index (Phi) is 7.04. The number of pyridine rings is 1. The molecule has 0 bridgehead atoms. The largest absolute Gasteiger partial charge is 0.456 e. The number of rotatable bonds is 5. The lowest BCUT2D eigenvalue weighted by molar-refractivity contribution is -0.161. The number of allylic oxidation sites excluding steroid dienone is 1. The SMILES string of the molecule is Cc1nc2c(F)cc(C3=NC(N)(C(=O)OC(C)(C)C)N(c4ccc(N5CC6CNCC6C5)cn4)C=C3F)cc2n1C(C)C. The van der Waals surface area contributed by atoms with Crippen molar-refractivity contribution in [2.45, 2.75) is 59.0 Å². The van der Waals surface area contributed by atoms with E-state index in [0.717, 1.165) is 44.1 Å². The molecule has 2 fully saturated rings. The van der Waals surface area contributed by atoms with Gasteiger partial charge in [0.1, 0.15) is 28.5 Å². The summed E-state index contributed by atoms with van der Waals surface area (Å²) in [7, 11) is 0. The molecule has 10 nitrogen and oxygen atoms in total. The molecule has 0 radical (unpaired) electrons. The second kappa shape index (κ2) is 10.4. The van der Waals surface area contributed by atoms with Gasteiger partial charge in [-0.1, -0.05) is 0 Å². The minimum atomic E-state index is -2.22. The first-order valence-corrected chi connectivity index (χ1v) is 14.6. The van der Waals surface area contributed by atoms with Crippen LogP contribution in [-0.4, -0.2) is 63.8 Å². The summed E-state index contributed by atoms with van der Waals surface area (Å²) < 4.78 is 38.8. The number of imidazole rings is 1. The molecule has 5 heterocycles. The highest BCUT2D eigenvalue weighted by Gasteiger charge is 2.47. The van der Waals surface area contributed by atoms with Gasteiger partial charge in [0.15, 0.2) is 11.6 Å². The Hall–Kier alpha value is -3.90. The van der Waals surface area contributed by atoms with Crippen LogP contribution in [-0.2, 0) is 9.53 Å². The lowest BCUT2D eigenvalue weighted by Gasteiger charge is -2.38. The second-order valence-electron chi connectivity index (χ2n) is 12.9. The standard InChI is InChI=1S/C31H38F2N8O2/c1-17(2)41-18(3)37-28-23(32)9-19(10-25(28)41)27-24(33)16-40(31(34,38-27)29(42)43-30(4,5)6)26-8-7-22(13-36-26)39-14-20-11-35-12-21(20)15-39/h7-10,13,16-17,20-21,35H,11-12,14-15,34H2,1-6H3. The minimum Gasteiger partial charge on any atom is -0.456 e. The summed E-state index contributed by atoms with van der Waals surface area (Å²) in [6.45, 7) is 14.7. The Labute approximate surface area is 249 Å². The number of aryl methyl sites for hydroxylation is 1. The molecule has 2 saturated heterocycles. The number of hydrogen-bond donors (Lipinski definition) is 2. The molecule has 2 aromatic heterocycles. The van der Waals surface area contributed by atoms with Crippen molar-refractivity contribution in [2.75, 3.05) is 36.0 Å². The predicted octanol–water partition coefficient (Wildman–Crippen LogP) is 4.19. The van der Waals surface area contributed by atoms with E-state index in [1.54, 1.807) is 46.0 Å². The lowest BCUT2D eigenvalue weighted by atomic mass is 10.0. The van der Waals surface area contributed by atoms with Gasteiger partial charge >= 0.3 is 5.97 Å². The fourth-order valence-electron chi connectivity index (χ4n) is 6.32. The first-order valence-electron chi connectivity index (χ1n) is 14.6. The van der Waals surface area contributed by atoms with Crippen LogP contribution in [0, 0.1) is 24.6 Å². The van der Waals surface area contributed by atoms with Crippen LogP contribution in [0.2, 0.25) is 0 Å². The lowest BCUT2D eigenvalue weighted by Crippen LogP contribution is -2.62. The molecular weight excluding hydrogens is 554 g/mol. The number of nitrogens with zero attached hydrogens (tertiary/aromatic N) is 6. The van der Waals surface area contributed by atoms with E-state index in [9.17, 15) is 4.79 Å². The minimum absolute atomic E-state index is 0.0231. The maximum absolute atomic E-state index is 16.0. The Balaban J connectivity index is 1.40. The van der Waals surface area contributed by atoms with Crippen molar-refractivity contribution in [2.24, 2.45) is 22.6 Å². The van der Waals surface area contributed by atoms with Crippen LogP contribution in [0.4, 0.5) is 20.3 Å². The van der Waals surface area contributed by atoms with Gasteiger partial charge in [0.2, 0.25) is 0 Å². The fraction of sp³-hybridized carbons (Fsp3) is 0.484. The smallest absolute Gasteiger partial charge is 0.372 e. The number of esters is 1. The van der Waals surface area contributed by atoms with Gasteiger partial charge < -0.3 is 19.5 Å². The summed E-state index contributed by atoms with van der Waals surface area (Å²) >= 11 is 0. The van der Waals surface area contributed by atoms with Gasteiger partial charge in [0.25, 0.3) is 5.79 Å². The number of benzene rings is 1. The zero-order chi connectivity index (χ0) is 30.8. The average molecular weight is 593 g/mol. The van der Waals surface area contributed by atoms with Crippen LogP contribution >= 0.6 is 0 Å². The first-order chi connectivity index (χ1) is 20.2. The molecular formula is C31H38F2N8O2. The van der Waals surface area contributed by atoms with Gasteiger partial charge in [-0.3, -0.25) is 10.6 Å². The molecule has 6 rings (SSSR count). The molecule has 0 aliphatic carbocycles. The molecule has 3 atom stereocenters. The van der Waals surface area contributed by atoms with Crippen molar-refractivity contribution in [1.29, 1.82) is 0 Å². The van der Waals surface area contributed by atoms with E-state index in [0.29, 0.717) is 23.2 Å². The number of carbonyl (C=O) groups is 1. The molecule has 3 aromatic rings. The second-order valence-corrected chi connectivity index (χ2v) is 12.9. The topological polar surface area (TPSA) is 114 Å². The molecule has 1 aromatic carbocycles. The van der Waals surface area contributed by atoms with E-state index in [-0.39, 0.29) is 28.7 Å². The van der Waals surface area contributed by atoms with E-state index in [1.807, 2.05) is 24.5 Å². The van der Waals surface area contributed by atoms with Gasteiger partial charge in [-0.05, 0) is 77.6 Å². The Bertz CT molecular complexity index is 1630. The van der Waals surface area contributed by atoms with Crippen molar-refractivity contribution in [3.8, 4) is 0 Å². The molecule has 0 saturated carbocycles. The number of carbonyl (C=O) groups excluding carboxylic acids is 1. The highest BCUT2D eigenvalue weighted by molar-refractivity contribution is 6.15. The normalized spacial score (nSPS) is 24.0. The number of nitrogens with two attached hydrogens (primary N) is 1. The zero-order valence-electron chi connectivity index (χ0n) is 25.4. The molecule has 3 aliphatic heterocycles. The van der Waals surface area contributed by atoms with Gasteiger partial charge in [-0.15, -0.1) is 0 Å². The van der Waals surface area contributed by atoms with Crippen LogP contribution in [0.5, 0.6) is 0 Å². The molecule has 12 heteroatoms. The third-order valence-corrected chi connectivity index (χ3v) is 8.27. The van der Waals surface area contributed by atoms with E-state index in [4.69, 9.17) is 10.5 Å². The fourth-order valence-corrected chi connectivity index (χ4v) is 6.32. The van der Waals surface area contributed by atoms with Crippen molar-refractivity contribution in [3.05, 3.63) is 59.7 Å². The Morgan fingerprint density at radius 2 is 1.86 bits per heavy atom. The van der Waals surface area contributed by atoms with E-state index in [1.165, 1.54) is 4.90 Å². The highest BCUT2D eigenvalue weighted by Crippen LogP contribution is 2.35. The number of aromatic nitrogens is 3. The maximum Gasteiger partial charge on any atom is 0.372 e. The monoisotopic (exact) mass is 592 g/mol. The van der Waals surface area contributed by atoms with E-state index in [2.05, 4.69) is 25.2 Å². The number of halogens is 2. The third kappa shape index (κ3) is 5.16. The average Bonchev–Trinajstić information content (AvgIpc) is 3.62. The first kappa shape index (κ1) is 29.2. The van der Waals surface area contributed by atoms with Crippen molar-refractivity contribution in [1.82, 2.24) is 19.9 Å². The number of ether oxygens (including phenoxy) is 1. The summed E-state index contributed by atoms with van der Waals surface area (Å²) in [5.74, 6) is -2.52. The van der Waals surface area contributed by atoms with Crippen LogP contribution in [0.25, 0.3) is 11.0 Å². The number of aliphatic imine (C=N–C) groups is 1. The van der Waals surface area contributed by atoms with Crippen LogP contribution < -0.4 is 20.9 Å². The molecule has 0 amide bonds. The van der Waals surface area contributed by atoms with Gasteiger partial charge in [0.05, 0.1) is 17.4 Å². The van der Waals surface area contributed by atoms with Gasteiger partial charge in [-0.2, -0.15) is 0 Å². The molecule has 43 heavy (non-hydrogen) atoms. The number of nitrogens with one attached hydrogen (secondary N) is 1. The van der Waals surface area contributed by atoms with Gasteiger partial charge in [-0.25, -0.2) is 28.5 Å². The zero-order valence-corrected chi connectivity index (χ0v) is 25.4. The highest BCUT2D eigenvalue weighted by atomic mass is 19.1.